The number of rotatable bonds is 9. The number of hydrogen-bond donors (Lipinski definition) is 2. The maximum atomic E-state index is 11.1. The predicted molar refractivity (Wildman–Crippen MR) is 129 cm³/mol. The van der Waals surface area contributed by atoms with Crippen LogP contribution in [0.2, 0.25) is 0 Å². The normalized spacial score (nSPS) is 10.5. The van der Waals surface area contributed by atoms with Crippen LogP contribution in [0.4, 0.5) is 11.4 Å². The minimum atomic E-state index is -0.0845. The van der Waals surface area contributed by atoms with Crippen LogP contribution in [0.3, 0.4) is 0 Å². The minimum absolute atomic E-state index is 0.0845. The van der Waals surface area contributed by atoms with Gasteiger partial charge in [-0.3, -0.25) is 4.79 Å². The van der Waals surface area contributed by atoms with Crippen molar-refractivity contribution < 1.29 is 14.3 Å². The molecule has 0 saturated carbocycles. The van der Waals surface area contributed by atoms with Crippen LogP contribution < -0.4 is 20.1 Å². The summed E-state index contributed by atoms with van der Waals surface area (Å²) in [5.41, 5.74) is 5.12. The quantitative estimate of drug-likeness (QED) is 0.375. The van der Waals surface area contributed by atoms with Gasteiger partial charge in [0.25, 0.3) is 0 Å². The zero-order chi connectivity index (χ0) is 22.2. The van der Waals surface area contributed by atoms with Gasteiger partial charge >= 0.3 is 0 Å². The number of ether oxygens (including phenoxy) is 2. The maximum absolute atomic E-state index is 11.1. The molecule has 0 spiro atoms. The van der Waals surface area contributed by atoms with Crippen LogP contribution in [0.1, 0.15) is 30.5 Å². The summed E-state index contributed by atoms with van der Waals surface area (Å²) >= 11 is 3.64. The predicted octanol–water partition coefficient (Wildman–Crippen LogP) is 6.31. The number of anilines is 2. The Bertz CT molecular complexity index is 1020. The molecular weight excluding hydrogens is 456 g/mol. The Hall–Kier alpha value is -2.99. The van der Waals surface area contributed by atoms with E-state index in [1.165, 1.54) is 12.5 Å². The SMILES string of the molecule is CCOc1cc(CNc2ccc(NC(C)=O)cc2)cc(Br)c1OCc1ccc(C)cc1. The van der Waals surface area contributed by atoms with Gasteiger partial charge in [-0.2, -0.15) is 0 Å². The first kappa shape index (κ1) is 22.7. The molecule has 0 unspecified atom stereocenters. The van der Waals surface area contributed by atoms with E-state index in [1.807, 2.05) is 43.3 Å². The minimum Gasteiger partial charge on any atom is -0.490 e. The Kier molecular flexibility index (Phi) is 7.95. The smallest absolute Gasteiger partial charge is 0.221 e. The van der Waals surface area contributed by atoms with Crippen molar-refractivity contribution in [1.29, 1.82) is 0 Å². The summed E-state index contributed by atoms with van der Waals surface area (Å²) in [5.74, 6) is 1.33. The van der Waals surface area contributed by atoms with Crippen molar-refractivity contribution in [2.24, 2.45) is 0 Å². The van der Waals surface area contributed by atoms with Gasteiger partial charge in [0, 0.05) is 24.8 Å². The molecule has 0 fully saturated rings. The lowest BCUT2D eigenvalue weighted by Crippen LogP contribution is -2.06. The molecule has 2 N–H and O–H groups in total. The molecular formula is C25H27BrN2O3. The van der Waals surface area contributed by atoms with E-state index in [0.717, 1.165) is 27.0 Å². The number of carbonyl (C=O) groups excluding carboxylic acids is 1. The van der Waals surface area contributed by atoms with Crippen molar-refractivity contribution in [3.05, 3.63) is 81.8 Å². The fourth-order valence-corrected chi connectivity index (χ4v) is 3.65. The van der Waals surface area contributed by atoms with Crippen LogP contribution in [0.15, 0.2) is 65.1 Å². The molecule has 0 atom stereocenters. The van der Waals surface area contributed by atoms with Crippen molar-refractivity contribution in [2.75, 3.05) is 17.2 Å². The van der Waals surface area contributed by atoms with Crippen molar-refractivity contribution in [2.45, 2.75) is 33.9 Å². The molecule has 0 radical (unpaired) electrons. The van der Waals surface area contributed by atoms with E-state index in [0.29, 0.717) is 31.3 Å². The molecule has 31 heavy (non-hydrogen) atoms. The largest absolute Gasteiger partial charge is 0.490 e. The highest BCUT2D eigenvalue weighted by Crippen LogP contribution is 2.37. The first-order chi connectivity index (χ1) is 14.9. The highest BCUT2D eigenvalue weighted by molar-refractivity contribution is 9.10. The number of benzene rings is 3. The monoisotopic (exact) mass is 482 g/mol. The lowest BCUT2D eigenvalue weighted by molar-refractivity contribution is -0.114. The van der Waals surface area contributed by atoms with E-state index in [-0.39, 0.29) is 5.91 Å². The van der Waals surface area contributed by atoms with E-state index in [2.05, 4.69) is 57.8 Å². The number of amides is 1. The summed E-state index contributed by atoms with van der Waals surface area (Å²) in [5, 5.41) is 6.15. The number of carbonyl (C=O) groups is 1. The second kappa shape index (κ2) is 10.9. The van der Waals surface area contributed by atoms with Crippen molar-refractivity contribution in [1.82, 2.24) is 0 Å². The molecule has 5 nitrogen and oxygen atoms in total. The first-order valence-electron chi connectivity index (χ1n) is 10.2. The number of halogens is 1. The Morgan fingerprint density at radius 1 is 0.935 bits per heavy atom. The topological polar surface area (TPSA) is 59.6 Å². The second-order valence-corrected chi connectivity index (χ2v) is 8.08. The van der Waals surface area contributed by atoms with E-state index >= 15 is 0 Å². The van der Waals surface area contributed by atoms with Gasteiger partial charge in [0.2, 0.25) is 5.91 Å². The second-order valence-electron chi connectivity index (χ2n) is 7.22. The third kappa shape index (κ3) is 6.76. The number of hydrogen-bond acceptors (Lipinski definition) is 4. The summed E-state index contributed by atoms with van der Waals surface area (Å²) in [6.07, 6.45) is 0. The van der Waals surface area contributed by atoms with Crippen molar-refractivity contribution >= 4 is 33.2 Å². The zero-order valence-electron chi connectivity index (χ0n) is 18.0. The lowest BCUT2D eigenvalue weighted by Gasteiger charge is -2.16. The van der Waals surface area contributed by atoms with Gasteiger partial charge < -0.3 is 20.1 Å². The van der Waals surface area contributed by atoms with Crippen LogP contribution in [-0.2, 0) is 17.9 Å². The molecule has 1 amide bonds. The molecule has 0 bridgehead atoms. The first-order valence-corrected chi connectivity index (χ1v) is 11.0. The number of aryl methyl sites for hydroxylation is 1. The standard InChI is InChI=1S/C25H27BrN2O3/c1-4-30-24-14-20(15-27-21-9-11-22(12-10-21)28-18(3)29)13-23(26)25(24)31-16-19-7-5-17(2)6-8-19/h5-14,27H,4,15-16H2,1-3H3,(H,28,29). The van der Waals surface area contributed by atoms with Crippen molar-refractivity contribution in [3.63, 3.8) is 0 Å². The zero-order valence-corrected chi connectivity index (χ0v) is 19.6. The molecule has 0 heterocycles. The van der Waals surface area contributed by atoms with Gasteiger partial charge in [-0.05, 0) is 77.3 Å². The Morgan fingerprint density at radius 2 is 1.61 bits per heavy atom. The summed E-state index contributed by atoms with van der Waals surface area (Å²) in [6, 6.07) is 19.9. The Morgan fingerprint density at radius 3 is 2.26 bits per heavy atom. The van der Waals surface area contributed by atoms with Gasteiger partial charge in [0.1, 0.15) is 6.61 Å². The molecule has 162 valence electrons. The fourth-order valence-electron chi connectivity index (χ4n) is 3.05. The maximum Gasteiger partial charge on any atom is 0.221 e. The van der Waals surface area contributed by atoms with Gasteiger partial charge in [-0.15, -0.1) is 0 Å². The average Bonchev–Trinajstić information content (AvgIpc) is 2.74. The highest BCUT2D eigenvalue weighted by Gasteiger charge is 2.13. The van der Waals surface area contributed by atoms with Gasteiger partial charge in [0.15, 0.2) is 11.5 Å². The van der Waals surface area contributed by atoms with Crippen LogP contribution in [0, 0.1) is 6.92 Å². The van der Waals surface area contributed by atoms with Crippen LogP contribution >= 0.6 is 15.9 Å². The molecule has 0 aromatic heterocycles. The fraction of sp³-hybridized carbons (Fsp3) is 0.240. The molecule has 0 aliphatic rings. The third-order valence-corrected chi connectivity index (χ3v) is 5.16. The molecule has 3 rings (SSSR count). The molecule has 3 aromatic rings. The van der Waals surface area contributed by atoms with Gasteiger partial charge in [-0.25, -0.2) is 0 Å². The molecule has 0 saturated heterocycles. The number of nitrogens with one attached hydrogen (secondary N) is 2. The molecule has 0 aliphatic heterocycles. The summed E-state index contributed by atoms with van der Waals surface area (Å²) in [7, 11) is 0. The van der Waals surface area contributed by atoms with Gasteiger partial charge in [-0.1, -0.05) is 29.8 Å². The van der Waals surface area contributed by atoms with E-state index in [9.17, 15) is 4.79 Å². The summed E-state index contributed by atoms with van der Waals surface area (Å²) < 4.78 is 12.8. The van der Waals surface area contributed by atoms with E-state index in [1.54, 1.807) is 0 Å². The van der Waals surface area contributed by atoms with E-state index in [4.69, 9.17) is 9.47 Å². The van der Waals surface area contributed by atoms with Crippen LogP contribution in [-0.4, -0.2) is 12.5 Å². The Labute approximate surface area is 191 Å². The summed E-state index contributed by atoms with van der Waals surface area (Å²) in [6.45, 7) is 7.16. The van der Waals surface area contributed by atoms with Crippen molar-refractivity contribution in [3.8, 4) is 11.5 Å². The third-order valence-electron chi connectivity index (χ3n) is 4.57. The summed E-state index contributed by atoms with van der Waals surface area (Å²) in [4.78, 5) is 11.1. The highest BCUT2D eigenvalue weighted by atomic mass is 79.9. The molecule has 6 heteroatoms. The van der Waals surface area contributed by atoms with Crippen LogP contribution in [0.25, 0.3) is 0 Å². The van der Waals surface area contributed by atoms with Gasteiger partial charge in [0.05, 0.1) is 11.1 Å². The van der Waals surface area contributed by atoms with Crippen LogP contribution in [0.5, 0.6) is 11.5 Å². The Balaban J connectivity index is 1.68. The molecule has 3 aromatic carbocycles. The molecule has 0 aliphatic carbocycles. The lowest BCUT2D eigenvalue weighted by atomic mass is 10.1. The van der Waals surface area contributed by atoms with E-state index < -0.39 is 0 Å². The average molecular weight is 483 g/mol.